The number of alkyl halides is 4. The molecule has 9 heteroatoms. The quantitative estimate of drug-likeness (QED) is 0.683. The molecule has 0 aliphatic heterocycles. The molecule has 1 aromatic heterocycles. The van der Waals surface area contributed by atoms with Gasteiger partial charge >= 0.3 is 12.3 Å². The van der Waals surface area contributed by atoms with E-state index in [0.717, 1.165) is 0 Å². The van der Waals surface area contributed by atoms with E-state index in [1.165, 1.54) is 0 Å². The van der Waals surface area contributed by atoms with Crippen LogP contribution in [0.15, 0.2) is 6.07 Å². The number of nitrogens with zero attached hydrogens (tertiary/aromatic N) is 1. The highest BCUT2D eigenvalue weighted by atomic mass is 35.5. The summed E-state index contributed by atoms with van der Waals surface area (Å²) in [6.07, 6.45) is -5.80. The lowest BCUT2D eigenvalue weighted by molar-refractivity contribution is -0.276. The molecule has 1 heterocycles. The van der Waals surface area contributed by atoms with Crippen LogP contribution in [-0.4, -0.2) is 22.4 Å². The molecule has 1 aromatic rings. The number of halogens is 5. The van der Waals surface area contributed by atoms with Crippen molar-refractivity contribution >= 4 is 17.6 Å². The van der Waals surface area contributed by atoms with Gasteiger partial charge in [0.25, 0.3) is 0 Å². The maximum absolute atomic E-state index is 13.4. The summed E-state index contributed by atoms with van der Waals surface area (Å²) in [6, 6.07) is 0.703. The van der Waals surface area contributed by atoms with Crippen molar-refractivity contribution in [1.82, 2.24) is 4.98 Å². The van der Waals surface area contributed by atoms with E-state index in [2.05, 4.69) is 9.72 Å². The first kappa shape index (κ1) is 14.5. The van der Waals surface area contributed by atoms with Gasteiger partial charge in [0, 0.05) is 0 Å². The number of carboxylic acid groups (broad SMARTS) is 1. The van der Waals surface area contributed by atoms with E-state index in [0.29, 0.717) is 6.07 Å². The predicted octanol–water partition coefficient (Wildman–Crippen LogP) is 2.49. The van der Waals surface area contributed by atoms with Crippen molar-refractivity contribution in [3.63, 3.8) is 0 Å². The number of aromatic nitrogens is 1. The Labute approximate surface area is 103 Å². The molecule has 18 heavy (non-hydrogen) atoms. The van der Waals surface area contributed by atoms with Gasteiger partial charge in [-0.15, -0.1) is 24.8 Å². The number of carbonyl (C=O) groups is 1. The first-order chi connectivity index (χ1) is 8.23. The van der Waals surface area contributed by atoms with Gasteiger partial charge in [-0.2, -0.15) is 0 Å². The van der Waals surface area contributed by atoms with Gasteiger partial charge in [-0.1, -0.05) is 0 Å². The van der Waals surface area contributed by atoms with Gasteiger partial charge in [0.2, 0.25) is 5.88 Å². The third-order valence-corrected chi connectivity index (χ3v) is 2.03. The molecule has 4 nitrogen and oxygen atoms in total. The molecule has 0 amide bonds. The van der Waals surface area contributed by atoms with E-state index in [1.54, 1.807) is 0 Å². The SMILES string of the molecule is O=C(O)Cc1cc(F)c(CCl)c(OC(F)(F)F)n1. The maximum Gasteiger partial charge on any atom is 0.574 e. The number of ether oxygens (including phenoxy) is 1. The standard InChI is InChI=1S/C9H6ClF4NO3/c10-3-5-6(11)1-4(2-7(16)17)15-8(5)18-9(12,13)14/h1H,2-3H2,(H,16,17). The van der Waals surface area contributed by atoms with Crippen molar-refractivity contribution in [3.8, 4) is 5.88 Å². The Balaban J connectivity index is 3.19. The molecule has 0 saturated heterocycles. The van der Waals surface area contributed by atoms with Crippen LogP contribution in [0.25, 0.3) is 0 Å². The number of carboxylic acids is 1. The number of aliphatic carboxylic acids is 1. The lowest BCUT2D eigenvalue weighted by atomic mass is 10.2. The van der Waals surface area contributed by atoms with Crippen LogP contribution in [-0.2, 0) is 17.1 Å². The van der Waals surface area contributed by atoms with Gasteiger partial charge < -0.3 is 9.84 Å². The lowest BCUT2D eigenvalue weighted by Crippen LogP contribution is -2.20. The molecule has 1 rings (SSSR count). The van der Waals surface area contributed by atoms with Crippen LogP contribution in [0.4, 0.5) is 17.6 Å². The van der Waals surface area contributed by atoms with Crippen LogP contribution in [0.2, 0.25) is 0 Å². The zero-order chi connectivity index (χ0) is 13.9. The second-order valence-electron chi connectivity index (χ2n) is 3.13. The Hall–Kier alpha value is -1.57. The van der Waals surface area contributed by atoms with Crippen molar-refractivity contribution < 1.29 is 32.2 Å². The average Bonchev–Trinajstić information content (AvgIpc) is 2.13. The monoisotopic (exact) mass is 287 g/mol. The Kier molecular flexibility index (Phi) is 4.33. The highest BCUT2D eigenvalue weighted by Gasteiger charge is 2.33. The lowest BCUT2D eigenvalue weighted by Gasteiger charge is -2.12. The van der Waals surface area contributed by atoms with Crippen LogP contribution < -0.4 is 4.74 Å². The van der Waals surface area contributed by atoms with Crippen LogP contribution in [0.5, 0.6) is 5.88 Å². The van der Waals surface area contributed by atoms with Crippen LogP contribution >= 0.6 is 11.6 Å². The molecular formula is C9H6ClF4NO3. The molecular weight excluding hydrogens is 282 g/mol. The third-order valence-electron chi connectivity index (χ3n) is 1.76. The highest BCUT2D eigenvalue weighted by Crippen LogP contribution is 2.28. The summed E-state index contributed by atoms with van der Waals surface area (Å²) >= 11 is 5.28. The third kappa shape index (κ3) is 4.02. The Morgan fingerprint density at radius 3 is 2.56 bits per heavy atom. The molecule has 0 aliphatic rings. The molecule has 1 N–H and O–H groups in total. The fourth-order valence-electron chi connectivity index (χ4n) is 1.13. The van der Waals surface area contributed by atoms with Gasteiger partial charge in [0.05, 0.1) is 23.6 Å². The van der Waals surface area contributed by atoms with E-state index in [9.17, 15) is 22.4 Å². The smallest absolute Gasteiger partial charge is 0.481 e. The largest absolute Gasteiger partial charge is 0.574 e. The summed E-state index contributed by atoms with van der Waals surface area (Å²) in [5, 5.41) is 8.46. The number of hydrogen-bond donors (Lipinski definition) is 1. The van der Waals surface area contributed by atoms with E-state index in [-0.39, 0.29) is 0 Å². The minimum atomic E-state index is -5.07. The fourth-order valence-corrected chi connectivity index (χ4v) is 1.37. The Morgan fingerprint density at radius 2 is 2.11 bits per heavy atom. The molecule has 0 spiro atoms. The van der Waals surface area contributed by atoms with Gasteiger partial charge in [0.15, 0.2) is 0 Å². The van der Waals surface area contributed by atoms with Crippen LogP contribution in [0.3, 0.4) is 0 Å². The molecule has 0 aromatic carbocycles. The number of hydrogen-bond acceptors (Lipinski definition) is 3. The van der Waals surface area contributed by atoms with E-state index >= 15 is 0 Å². The Bertz CT molecular complexity index is 464. The fraction of sp³-hybridized carbons (Fsp3) is 0.333. The van der Waals surface area contributed by atoms with Gasteiger partial charge in [-0.05, 0) is 6.07 Å². The van der Waals surface area contributed by atoms with Crippen molar-refractivity contribution in [2.24, 2.45) is 0 Å². The van der Waals surface area contributed by atoms with Crippen LogP contribution in [0.1, 0.15) is 11.3 Å². The molecule has 0 unspecified atom stereocenters. The summed E-state index contributed by atoms with van der Waals surface area (Å²) in [6.45, 7) is 0. The second kappa shape index (κ2) is 5.38. The van der Waals surface area contributed by atoms with E-state index in [4.69, 9.17) is 16.7 Å². The summed E-state index contributed by atoms with van der Waals surface area (Å²) in [7, 11) is 0. The van der Waals surface area contributed by atoms with Gasteiger partial charge in [-0.25, -0.2) is 9.37 Å². The van der Waals surface area contributed by atoms with Crippen LogP contribution in [0, 0.1) is 5.82 Å². The first-order valence-electron chi connectivity index (χ1n) is 4.44. The normalized spacial score (nSPS) is 11.4. The van der Waals surface area contributed by atoms with Crippen molar-refractivity contribution in [2.75, 3.05) is 0 Å². The van der Waals surface area contributed by atoms with Gasteiger partial charge in [0.1, 0.15) is 5.82 Å². The maximum atomic E-state index is 13.4. The van der Waals surface area contributed by atoms with Crippen molar-refractivity contribution in [2.45, 2.75) is 18.7 Å². The summed E-state index contributed by atoms with van der Waals surface area (Å²) in [5.41, 5.74) is -0.976. The van der Waals surface area contributed by atoms with Crippen molar-refractivity contribution in [1.29, 1.82) is 0 Å². The van der Waals surface area contributed by atoms with Crippen molar-refractivity contribution in [3.05, 3.63) is 23.1 Å². The minimum absolute atomic E-state index is 0.395. The molecule has 0 fully saturated rings. The van der Waals surface area contributed by atoms with E-state index < -0.39 is 47.6 Å². The topological polar surface area (TPSA) is 59.4 Å². The molecule has 0 saturated carbocycles. The summed E-state index contributed by atoms with van der Waals surface area (Å²) < 4.78 is 53.0. The number of pyridine rings is 1. The summed E-state index contributed by atoms with van der Waals surface area (Å²) in [5.74, 6) is -4.12. The predicted molar refractivity (Wildman–Crippen MR) is 51.8 cm³/mol. The molecule has 0 radical (unpaired) electrons. The Morgan fingerprint density at radius 1 is 1.50 bits per heavy atom. The zero-order valence-corrected chi connectivity index (χ0v) is 9.35. The highest BCUT2D eigenvalue weighted by molar-refractivity contribution is 6.17. The average molecular weight is 288 g/mol. The molecule has 0 atom stereocenters. The second-order valence-corrected chi connectivity index (χ2v) is 3.40. The summed E-state index contributed by atoms with van der Waals surface area (Å²) in [4.78, 5) is 13.7. The molecule has 0 bridgehead atoms. The number of rotatable bonds is 4. The zero-order valence-electron chi connectivity index (χ0n) is 8.59. The minimum Gasteiger partial charge on any atom is -0.481 e. The first-order valence-corrected chi connectivity index (χ1v) is 4.98. The molecule has 0 aliphatic carbocycles. The van der Waals surface area contributed by atoms with E-state index in [1.807, 2.05) is 0 Å². The molecule has 100 valence electrons. The van der Waals surface area contributed by atoms with Gasteiger partial charge in [-0.3, -0.25) is 4.79 Å².